The molecule has 8 nitrogen and oxygen atoms in total. The molecule has 0 radical (unpaired) electrons. The quantitative estimate of drug-likeness (QED) is 0.401. The fourth-order valence-electron chi connectivity index (χ4n) is 5.69. The normalized spacial score (nSPS) is 21.9. The molecular weight excluding hydrogens is 509 g/mol. The van der Waals surface area contributed by atoms with Crippen molar-refractivity contribution in [1.82, 2.24) is 19.8 Å². The lowest BCUT2D eigenvalue weighted by atomic mass is 9.77. The lowest BCUT2D eigenvalue weighted by Gasteiger charge is -2.53. The Balaban J connectivity index is 1.49. The number of hydrogen-bond donors (Lipinski definition) is 2. The average molecular weight is 551 g/mol. The summed E-state index contributed by atoms with van der Waals surface area (Å²) < 4.78 is 51.9. The molecule has 1 atom stereocenters. The van der Waals surface area contributed by atoms with E-state index in [1.807, 2.05) is 0 Å². The van der Waals surface area contributed by atoms with Gasteiger partial charge in [-0.2, -0.15) is 13.8 Å². The monoisotopic (exact) mass is 550 g/mol. The first-order valence-electron chi connectivity index (χ1n) is 13.5. The van der Waals surface area contributed by atoms with Gasteiger partial charge in [0.1, 0.15) is 6.10 Å². The van der Waals surface area contributed by atoms with Gasteiger partial charge in [-0.25, -0.2) is 9.37 Å². The predicted molar refractivity (Wildman–Crippen MR) is 147 cm³/mol. The van der Waals surface area contributed by atoms with E-state index in [0.717, 1.165) is 38.5 Å². The first-order chi connectivity index (χ1) is 18.2. The highest BCUT2D eigenvalue weighted by Gasteiger charge is 2.43. The molecule has 1 aromatic carbocycles. The third-order valence-electron chi connectivity index (χ3n) is 8.01. The van der Waals surface area contributed by atoms with Crippen LogP contribution >= 0.6 is 0 Å². The van der Waals surface area contributed by atoms with Gasteiger partial charge in [-0.15, -0.1) is 0 Å². The van der Waals surface area contributed by atoms with Crippen LogP contribution in [-0.2, 0) is 0 Å². The Kier molecular flexibility index (Phi) is 8.51. The SMILES string of the molecule is CC(C)N1CC[C@@H](Oc2ccc(Nc3ncc(F)c(NC4CC(C)(C)N(C)C(C)(C)C4)n3)cc2OC(F)F)C1. The van der Waals surface area contributed by atoms with E-state index in [-0.39, 0.29) is 46.5 Å². The number of ether oxygens (including phenoxy) is 2. The van der Waals surface area contributed by atoms with E-state index in [1.165, 1.54) is 6.07 Å². The van der Waals surface area contributed by atoms with E-state index in [0.29, 0.717) is 11.7 Å². The lowest BCUT2D eigenvalue weighted by Crippen LogP contribution is -2.61. The highest BCUT2D eigenvalue weighted by Crippen LogP contribution is 2.38. The molecule has 3 heterocycles. The van der Waals surface area contributed by atoms with Gasteiger partial charge in [0.05, 0.1) is 6.20 Å². The first kappa shape index (κ1) is 29.2. The maximum atomic E-state index is 14.7. The Labute approximate surface area is 229 Å². The molecule has 0 saturated carbocycles. The maximum absolute atomic E-state index is 14.7. The second-order valence-electron chi connectivity index (χ2n) is 12.1. The van der Waals surface area contributed by atoms with Gasteiger partial charge in [-0.05, 0) is 80.0 Å². The van der Waals surface area contributed by atoms with Gasteiger partial charge < -0.3 is 20.1 Å². The van der Waals surface area contributed by atoms with Crippen LogP contribution in [0.4, 0.5) is 30.6 Å². The number of likely N-dealkylation sites (tertiary alicyclic amines) is 2. The molecular formula is C28H41F3N6O2. The maximum Gasteiger partial charge on any atom is 0.387 e. The second-order valence-corrected chi connectivity index (χ2v) is 12.1. The Morgan fingerprint density at radius 1 is 1.08 bits per heavy atom. The highest BCUT2D eigenvalue weighted by atomic mass is 19.3. The van der Waals surface area contributed by atoms with Crippen LogP contribution < -0.4 is 20.1 Å². The summed E-state index contributed by atoms with van der Waals surface area (Å²) in [5.41, 5.74) is 0.244. The van der Waals surface area contributed by atoms with Crippen molar-refractivity contribution < 1.29 is 22.6 Å². The van der Waals surface area contributed by atoms with Crippen LogP contribution in [0.1, 0.15) is 60.8 Å². The summed E-state index contributed by atoms with van der Waals surface area (Å²) in [7, 11) is 2.11. The number of aromatic nitrogens is 2. The first-order valence-corrected chi connectivity index (χ1v) is 13.5. The number of anilines is 3. The number of alkyl halides is 2. The van der Waals surface area contributed by atoms with Gasteiger partial charge in [-0.3, -0.25) is 9.80 Å². The van der Waals surface area contributed by atoms with Crippen LogP contribution in [-0.4, -0.2) is 75.8 Å². The van der Waals surface area contributed by atoms with Crippen LogP contribution in [0.25, 0.3) is 0 Å². The van der Waals surface area contributed by atoms with Gasteiger partial charge in [0.25, 0.3) is 0 Å². The molecule has 216 valence electrons. The number of halogens is 3. The minimum absolute atomic E-state index is 0.00753. The van der Waals surface area contributed by atoms with E-state index < -0.39 is 12.4 Å². The van der Waals surface area contributed by atoms with Crippen molar-refractivity contribution in [1.29, 1.82) is 0 Å². The van der Waals surface area contributed by atoms with Crippen molar-refractivity contribution in [2.24, 2.45) is 0 Å². The Morgan fingerprint density at radius 3 is 2.38 bits per heavy atom. The number of hydrogen-bond acceptors (Lipinski definition) is 8. The van der Waals surface area contributed by atoms with Crippen molar-refractivity contribution in [3.05, 3.63) is 30.2 Å². The summed E-state index contributed by atoms with van der Waals surface area (Å²) in [5, 5.41) is 6.24. The molecule has 0 spiro atoms. The largest absolute Gasteiger partial charge is 0.485 e. The Hall–Kier alpha value is -2.79. The van der Waals surface area contributed by atoms with E-state index in [1.54, 1.807) is 12.1 Å². The van der Waals surface area contributed by atoms with E-state index in [9.17, 15) is 13.2 Å². The van der Waals surface area contributed by atoms with Crippen molar-refractivity contribution >= 4 is 17.5 Å². The Bertz CT molecular complexity index is 1130. The molecule has 39 heavy (non-hydrogen) atoms. The smallest absolute Gasteiger partial charge is 0.387 e. The van der Waals surface area contributed by atoms with Crippen molar-refractivity contribution in [2.75, 3.05) is 30.8 Å². The predicted octanol–water partition coefficient (Wildman–Crippen LogP) is 5.89. The fraction of sp³-hybridized carbons (Fsp3) is 0.643. The van der Waals surface area contributed by atoms with Crippen LogP contribution in [0.3, 0.4) is 0 Å². The van der Waals surface area contributed by atoms with Gasteiger partial charge in [0, 0.05) is 48.0 Å². The molecule has 0 bridgehead atoms. The van der Waals surface area contributed by atoms with Crippen molar-refractivity contribution in [3.8, 4) is 11.5 Å². The summed E-state index contributed by atoms with van der Waals surface area (Å²) in [6.45, 7) is 11.5. The summed E-state index contributed by atoms with van der Waals surface area (Å²) in [6.07, 6.45) is 3.40. The molecule has 4 rings (SSSR count). The van der Waals surface area contributed by atoms with Gasteiger partial charge in [0.15, 0.2) is 23.1 Å². The van der Waals surface area contributed by atoms with Gasteiger partial charge in [0.2, 0.25) is 5.95 Å². The lowest BCUT2D eigenvalue weighted by molar-refractivity contribution is -0.0519. The molecule has 2 aliphatic heterocycles. The molecule has 11 heteroatoms. The van der Waals surface area contributed by atoms with Crippen LogP contribution in [0, 0.1) is 5.82 Å². The highest BCUT2D eigenvalue weighted by molar-refractivity contribution is 5.60. The molecule has 0 amide bonds. The number of benzene rings is 1. The van der Waals surface area contributed by atoms with Crippen LogP contribution in [0.2, 0.25) is 0 Å². The zero-order valence-corrected chi connectivity index (χ0v) is 23.9. The summed E-state index contributed by atoms with van der Waals surface area (Å²) in [4.78, 5) is 13.0. The third kappa shape index (κ3) is 7.05. The summed E-state index contributed by atoms with van der Waals surface area (Å²) in [5.74, 6) is -0.188. The zero-order chi connectivity index (χ0) is 28.5. The molecule has 0 unspecified atom stereocenters. The van der Waals surface area contributed by atoms with Gasteiger partial charge >= 0.3 is 6.61 Å². The van der Waals surface area contributed by atoms with Crippen molar-refractivity contribution in [3.63, 3.8) is 0 Å². The number of rotatable bonds is 9. The topological polar surface area (TPSA) is 74.8 Å². The van der Waals surface area contributed by atoms with E-state index >= 15 is 0 Å². The number of nitrogens with zero attached hydrogens (tertiary/aromatic N) is 4. The molecule has 0 aliphatic carbocycles. The fourth-order valence-corrected chi connectivity index (χ4v) is 5.69. The minimum atomic E-state index is -3.01. The van der Waals surface area contributed by atoms with Crippen LogP contribution in [0.15, 0.2) is 24.4 Å². The molecule has 1 aromatic heterocycles. The standard InChI is InChI=1S/C28H41F3N6O2/c1-17(2)37-11-10-20(16-37)38-22-9-8-18(12-23(22)39-25(30)31)34-26-32-15-21(29)24(35-26)33-19-13-27(3,4)36(7)28(5,6)14-19/h8-9,12,15,17,19-20,25H,10-11,13-14,16H2,1-7H3,(H2,32,33,34,35)/t20-/m1/s1. The molecule has 2 saturated heterocycles. The Morgan fingerprint density at radius 2 is 1.77 bits per heavy atom. The van der Waals surface area contributed by atoms with Crippen molar-refractivity contribution in [2.45, 2.75) is 96.7 Å². The molecule has 2 N–H and O–H groups in total. The van der Waals surface area contributed by atoms with Gasteiger partial charge in [-0.1, -0.05) is 0 Å². The molecule has 2 aromatic rings. The second kappa shape index (κ2) is 11.4. The molecule has 2 fully saturated rings. The van der Waals surface area contributed by atoms with E-state index in [2.05, 4.69) is 79.0 Å². The summed E-state index contributed by atoms with van der Waals surface area (Å²) >= 11 is 0. The minimum Gasteiger partial charge on any atom is -0.485 e. The summed E-state index contributed by atoms with van der Waals surface area (Å²) in [6, 6.07) is 5.06. The number of piperidine rings is 1. The average Bonchev–Trinajstić information content (AvgIpc) is 3.30. The zero-order valence-electron chi connectivity index (χ0n) is 23.9. The van der Waals surface area contributed by atoms with E-state index in [4.69, 9.17) is 9.47 Å². The van der Waals surface area contributed by atoms with Crippen LogP contribution in [0.5, 0.6) is 11.5 Å². The third-order valence-corrected chi connectivity index (χ3v) is 8.01. The molecule has 2 aliphatic rings. The number of nitrogens with one attached hydrogen (secondary N) is 2.